The molecule has 3 nitrogen and oxygen atoms in total. The molecular formula is C60H40N2O. The first-order chi connectivity index (χ1) is 31.3. The largest absolute Gasteiger partial charge is 0.485 e. The molecule has 0 saturated heterocycles. The zero-order valence-corrected chi connectivity index (χ0v) is 34.4. The highest BCUT2D eigenvalue weighted by molar-refractivity contribution is 6.01. The molecule has 9 aromatic rings. The van der Waals surface area contributed by atoms with E-state index in [1.54, 1.807) is 0 Å². The van der Waals surface area contributed by atoms with E-state index in [9.17, 15) is 0 Å². The van der Waals surface area contributed by atoms with Gasteiger partial charge in [-0.2, -0.15) is 0 Å². The van der Waals surface area contributed by atoms with Crippen LogP contribution in [0.4, 0.5) is 17.1 Å². The van der Waals surface area contributed by atoms with Gasteiger partial charge in [0.25, 0.3) is 0 Å². The van der Waals surface area contributed by atoms with E-state index in [4.69, 9.17) is 9.72 Å². The number of aromatic nitrogens is 1. The van der Waals surface area contributed by atoms with Crippen molar-refractivity contribution >= 4 is 22.6 Å². The number of pyridine rings is 1. The summed E-state index contributed by atoms with van der Waals surface area (Å²) in [7, 11) is 0. The third kappa shape index (κ3) is 5.30. The van der Waals surface area contributed by atoms with Crippen LogP contribution in [0.2, 0.25) is 0 Å². The van der Waals surface area contributed by atoms with Gasteiger partial charge in [0.2, 0.25) is 0 Å². The quantitative estimate of drug-likeness (QED) is 0.173. The monoisotopic (exact) mass is 804 g/mol. The number of hydrogen-bond acceptors (Lipinski definition) is 3. The van der Waals surface area contributed by atoms with Crippen LogP contribution in [0.5, 0.6) is 5.75 Å². The first-order valence-corrected chi connectivity index (χ1v) is 21.9. The van der Waals surface area contributed by atoms with Crippen molar-refractivity contribution in [2.75, 3.05) is 4.90 Å². The van der Waals surface area contributed by atoms with E-state index in [1.165, 1.54) is 61.5 Å². The van der Waals surface area contributed by atoms with Crippen molar-refractivity contribution in [3.63, 3.8) is 0 Å². The number of rotatable bonds is 5. The highest BCUT2D eigenvalue weighted by atomic mass is 16.5. The molecule has 1 spiro atoms. The maximum absolute atomic E-state index is 6.56. The number of ether oxygens (including phenoxy) is 1. The highest BCUT2D eigenvalue weighted by Gasteiger charge is 2.52. The van der Waals surface area contributed by atoms with Gasteiger partial charge in [-0.15, -0.1) is 0 Å². The van der Waals surface area contributed by atoms with Crippen molar-refractivity contribution in [1.82, 2.24) is 4.98 Å². The summed E-state index contributed by atoms with van der Waals surface area (Å²) < 4.78 is 6.56. The number of para-hydroxylation sites is 4. The molecule has 8 aromatic carbocycles. The normalized spacial score (nSPS) is 16.8. The molecule has 2 aliphatic carbocycles. The molecule has 63 heavy (non-hydrogen) atoms. The fraction of sp³-hybridized carbons (Fsp3) is 0.0500. The van der Waals surface area contributed by atoms with Crippen molar-refractivity contribution < 1.29 is 4.74 Å². The Morgan fingerprint density at radius 1 is 0.460 bits per heavy atom. The Labute approximate surface area is 367 Å². The number of fused-ring (bicyclic) bond motifs is 12. The van der Waals surface area contributed by atoms with Crippen LogP contribution in [-0.4, -0.2) is 11.1 Å². The molecule has 2 aliphatic heterocycles. The van der Waals surface area contributed by atoms with Gasteiger partial charge in [0.05, 0.1) is 34.1 Å². The Hall–Kier alpha value is -8.01. The van der Waals surface area contributed by atoms with E-state index >= 15 is 0 Å². The Kier molecular flexibility index (Phi) is 7.95. The molecule has 3 heteroatoms. The topological polar surface area (TPSA) is 25.4 Å². The predicted molar refractivity (Wildman–Crippen MR) is 257 cm³/mol. The molecule has 296 valence electrons. The van der Waals surface area contributed by atoms with Gasteiger partial charge in [-0.05, 0) is 110 Å². The summed E-state index contributed by atoms with van der Waals surface area (Å²) in [4.78, 5) is 8.00. The Bertz CT molecular complexity index is 3230. The van der Waals surface area contributed by atoms with E-state index in [2.05, 4.69) is 235 Å². The lowest BCUT2D eigenvalue weighted by atomic mass is 9.64. The SMILES string of the molecule is C1=CC2Oc3ccccc3C2C(c2ccc3c(c2)-c2c(-c4cc(-c5ccccc5)cc(-c5ccccc5)n4)cccc2C32c3ccccc3N(c3ccccc3)c3ccccc32)=C1. The van der Waals surface area contributed by atoms with Gasteiger partial charge < -0.3 is 9.64 Å². The van der Waals surface area contributed by atoms with E-state index in [0.717, 1.165) is 45.1 Å². The Morgan fingerprint density at radius 2 is 1.10 bits per heavy atom. The summed E-state index contributed by atoms with van der Waals surface area (Å²) in [5.41, 5.74) is 20.5. The first kappa shape index (κ1) is 35.7. The van der Waals surface area contributed by atoms with Gasteiger partial charge in [-0.25, -0.2) is 4.98 Å². The number of benzene rings is 8. The van der Waals surface area contributed by atoms with Crippen LogP contribution in [0.1, 0.15) is 39.3 Å². The van der Waals surface area contributed by atoms with Gasteiger partial charge in [0.15, 0.2) is 0 Å². The van der Waals surface area contributed by atoms with Crippen LogP contribution in [0, 0.1) is 0 Å². The van der Waals surface area contributed by atoms with Crippen LogP contribution in [0.25, 0.3) is 50.3 Å². The molecule has 13 rings (SSSR count). The minimum absolute atomic E-state index is 0.0488. The van der Waals surface area contributed by atoms with Gasteiger partial charge >= 0.3 is 0 Å². The molecule has 0 radical (unpaired) electrons. The zero-order chi connectivity index (χ0) is 41.5. The van der Waals surface area contributed by atoms with Crippen LogP contribution in [0.15, 0.2) is 231 Å². The minimum atomic E-state index is -0.622. The first-order valence-electron chi connectivity index (χ1n) is 21.9. The number of anilines is 3. The van der Waals surface area contributed by atoms with Crippen molar-refractivity contribution in [2.24, 2.45) is 0 Å². The number of nitrogens with zero attached hydrogens (tertiary/aromatic N) is 2. The van der Waals surface area contributed by atoms with Gasteiger partial charge in [-0.3, -0.25) is 0 Å². The molecular weight excluding hydrogens is 765 g/mol. The van der Waals surface area contributed by atoms with Crippen LogP contribution < -0.4 is 9.64 Å². The maximum atomic E-state index is 6.56. The van der Waals surface area contributed by atoms with E-state index in [0.29, 0.717) is 0 Å². The second-order valence-corrected chi connectivity index (χ2v) is 16.9. The molecule has 0 N–H and O–H groups in total. The third-order valence-corrected chi connectivity index (χ3v) is 13.6. The standard InChI is InChI=1S/C60H40N2O/c1-4-18-39(19-5-1)42-37-52(40-20-6-2-7-21-40)61-53(38-42)45-26-16-29-51-58(45)47-36-41(44-25-17-33-57-59(44)46-24-10-15-32-56(46)63-57)34-35-48(47)60(51)49-27-11-13-30-54(49)62(43-22-8-3-9-23-43)55-31-14-12-28-50(55)60/h1-38,57,59H. The van der Waals surface area contributed by atoms with E-state index in [1.807, 2.05) is 0 Å². The fourth-order valence-corrected chi connectivity index (χ4v) is 11.1. The maximum Gasteiger partial charge on any atom is 0.128 e. The molecule has 2 unspecified atom stereocenters. The third-order valence-electron chi connectivity index (χ3n) is 13.6. The molecule has 0 saturated carbocycles. The van der Waals surface area contributed by atoms with Crippen LogP contribution in [0.3, 0.4) is 0 Å². The smallest absolute Gasteiger partial charge is 0.128 e. The average molecular weight is 805 g/mol. The summed E-state index contributed by atoms with van der Waals surface area (Å²) in [6, 6.07) is 77.4. The van der Waals surface area contributed by atoms with Crippen molar-refractivity contribution in [3.05, 3.63) is 264 Å². The summed E-state index contributed by atoms with van der Waals surface area (Å²) in [5, 5.41) is 0. The Morgan fingerprint density at radius 3 is 1.86 bits per heavy atom. The second-order valence-electron chi connectivity index (χ2n) is 16.9. The van der Waals surface area contributed by atoms with Crippen molar-refractivity contribution in [2.45, 2.75) is 17.4 Å². The number of hydrogen-bond donors (Lipinski definition) is 0. The van der Waals surface area contributed by atoms with Gasteiger partial charge in [0, 0.05) is 22.4 Å². The number of allylic oxidation sites excluding steroid dienone is 2. The molecule has 2 atom stereocenters. The van der Waals surface area contributed by atoms with Crippen molar-refractivity contribution in [1.29, 1.82) is 0 Å². The van der Waals surface area contributed by atoms with E-state index in [-0.39, 0.29) is 12.0 Å². The highest BCUT2D eigenvalue weighted by Crippen LogP contribution is 2.65. The zero-order valence-electron chi connectivity index (χ0n) is 34.4. The molecule has 0 bridgehead atoms. The molecule has 0 amide bonds. The lowest BCUT2D eigenvalue weighted by Crippen LogP contribution is -2.36. The summed E-state index contributed by atoms with van der Waals surface area (Å²) >= 11 is 0. The van der Waals surface area contributed by atoms with Crippen LogP contribution >= 0.6 is 0 Å². The van der Waals surface area contributed by atoms with Crippen LogP contribution in [-0.2, 0) is 5.41 Å². The predicted octanol–water partition coefficient (Wildman–Crippen LogP) is 14.7. The minimum Gasteiger partial charge on any atom is -0.485 e. The lowest BCUT2D eigenvalue weighted by molar-refractivity contribution is 0.271. The van der Waals surface area contributed by atoms with Gasteiger partial charge in [-0.1, -0.05) is 176 Å². The Balaban J connectivity index is 1.11. The van der Waals surface area contributed by atoms with Gasteiger partial charge in [0.1, 0.15) is 11.9 Å². The lowest BCUT2D eigenvalue weighted by Gasteiger charge is -2.45. The molecule has 0 fully saturated rings. The van der Waals surface area contributed by atoms with E-state index < -0.39 is 5.41 Å². The summed E-state index contributed by atoms with van der Waals surface area (Å²) in [6.45, 7) is 0. The summed E-state index contributed by atoms with van der Waals surface area (Å²) in [5.74, 6) is 1.07. The fourth-order valence-electron chi connectivity index (χ4n) is 11.1. The van der Waals surface area contributed by atoms with Crippen molar-refractivity contribution in [3.8, 4) is 50.5 Å². The molecule has 4 aliphatic rings. The summed E-state index contributed by atoms with van der Waals surface area (Å²) in [6.07, 6.45) is 6.62. The molecule has 1 aromatic heterocycles. The average Bonchev–Trinajstić information content (AvgIpc) is 3.89. The molecule has 3 heterocycles. The second kappa shape index (κ2) is 14.0.